The standard InChI is InChI=1S/C22H30O5/c1-13-6-7-20-16(4)22(25)27-21(20)12-15(3)9-18(24)8-14(2)11-19(10-13)26-17(5)23/h8,10,12,18-21,24H,4,6-7,9,11H2,1-3,5H3. The van der Waals surface area contributed by atoms with Crippen LogP contribution in [0.5, 0.6) is 0 Å². The number of hydrogen-bond acceptors (Lipinski definition) is 5. The maximum atomic E-state index is 12.0. The Morgan fingerprint density at radius 2 is 1.81 bits per heavy atom. The topological polar surface area (TPSA) is 72.8 Å². The van der Waals surface area contributed by atoms with Crippen molar-refractivity contribution in [1.29, 1.82) is 0 Å². The monoisotopic (exact) mass is 374 g/mol. The van der Waals surface area contributed by atoms with Crippen molar-refractivity contribution in [2.75, 3.05) is 0 Å². The molecule has 2 rings (SSSR count). The summed E-state index contributed by atoms with van der Waals surface area (Å²) in [5.41, 5.74) is 3.50. The summed E-state index contributed by atoms with van der Waals surface area (Å²) < 4.78 is 10.9. The van der Waals surface area contributed by atoms with Crippen LogP contribution in [0.3, 0.4) is 0 Å². The number of hydrogen-bond donors (Lipinski definition) is 1. The number of ether oxygens (including phenoxy) is 2. The van der Waals surface area contributed by atoms with Crippen LogP contribution in [-0.2, 0) is 19.1 Å². The highest BCUT2D eigenvalue weighted by Crippen LogP contribution is 2.33. The third-order valence-electron chi connectivity index (χ3n) is 4.97. The number of allylic oxidation sites excluding steroid dienone is 1. The first kappa shape index (κ1) is 21.2. The Morgan fingerprint density at radius 3 is 2.48 bits per heavy atom. The van der Waals surface area contributed by atoms with Crippen molar-refractivity contribution in [2.24, 2.45) is 5.92 Å². The number of esters is 2. The van der Waals surface area contributed by atoms with Crippen molar-refractivity contribution in [1.82, 2.24) is 0 Å². The van der Waals surface area contributed by atoms with Gasteiger partial charge in [-0.1, -0.05) is 29.4 Å². The van der Waals surface area contributed by atoms with Crippen LogP contribution in [-0.4, -0.2) is 35.4 Å². The highest BCUT2D eigenvalue weighted by molar-refractivity contribution is 5.91. The molecule has 0 aromatic heterocycles. The van der Waals surface area contributed by atoms with E-state index in [0.29, 0.717) is 18.4 Å². The predicted octanol–water partition coefficient (Wildman–Crippen LogP) is 3.79. The average Bonchev–Trinajstić information content (AvgIpc) is 2.77. The SMILES string of the molecule is C=C1C(=O)OC2C=C(C)CC(O)C=C(C)CC(OC(C)=O)C=C(C)CCC12. The van der Waals surface area contributed by atoms with Gasteiger partial charge in [0.05, 0.1) is 6.10 Å². The van der Waals surface area contributed by atoms with Gasteiger partial charge in [-0.05, 0) is 52.2 Å². The molecule has 1 fully saturated rings. The van der Waals surface area contributed by atoms with Crippen LogP contribution in [0.15, 0.2) is 47.1 Å². The van der Waals surface area contributed by atoms with Gasteiger partial charge >= 0.3 is 11.9 Å². The Balaban J connectivity index is 2.33. The highest BCUT2D eigenvalue weighted by Gasteiger charge is 2.37. The van der Waals surface area contributed by atoms with Gasteiger partial charge in [-0.25, -0.2) is 4.79 Å². The molecule has 148 valence electrons. The summed E-state index contributed by atoms with van der Waals surface area (Å²) in [6, 6.07) is 0. The molecule has 0 aromatic rings. The van der Waals surface area contributed by atoms with Gasteiger partial charge in [0.25, 0.3) is 0 Å². The molecule has 27 heavy (non-hydrogen) atoms. The van der Waals surface area contributed by atoms with E-state index in [-0.39, 0.29) is 30.1 Å². The van der Waals surface area contributed by atoms with E-state index in [1.54, 1.807) is 6.08 Å². The van der Waals surface area contributed by atoms with Crippen LogP contribution in [0.1, 0.15) is 53.4 Å². The van der Waals surface area contributed by atoms with Gasteiger partial charge in [0.15, 0.2) is 0 Å². The first-order valence-corrected chi connectivity index (χ1v) is 9.42. The summed E-state index contributed by atoms with van der Waals surface area (Å²) in [6.07, 6.45) is 6.79. The molecule has 1 aliphatic heterocycles. The Bertz CT molecular complexity index is 697. The molecule has 0 radical (unpaired) electrons. The maximum Gasteiger partial charge on any atom is 0.334 e. The third kappa shape index (κ3) is 6.21. The number of rotatable bonds is 1. The van der Waals surface area contributed by atoms with Crippen LogP contribution < -0.4 is 0 Å². The van der Waals surface area contributed by atoms with Gasteiger partial charge in [-0.2, -0.15) is 0 Å². The molecule has 4 unspecified atom stereocenters. The van der Waals surface area contributed by atoms with Gasteiger partial charge in [0.1, 0.15) is 12.2 Å². The normalized spacial score (nSPS) is 30.3. The van der Waals surface area contributed by atoms with E-state index in [0.717, 1.165) is 29.6 Å². The molecule has 1 aliphatic carbocycles. The zero-order valence-electron chi connectivity index (χ0n) is 16.7. The molecular formula is C22H30O5. The van der Waals surface area contributed by atoms with Gasteiger partial charge in [0.2, 0.25) is 0 Å². The smallest absolute Gasteiger partial charge is 0.334 e. The Kier molecular flexibility index (Phi) is 7.19. The largest absolute Gasteiger partial charge is 0.458 e. The van der Waals surface area contributed by atoms with Crippen LogP contribution in [0.2, 0.25) is 0 Å². The minimum Gasteiger partial charge on any atom is -0.458 e. The van der Waals surface area contributed by atoms with Crippen LogP contribution in [0, 0.1) is 5.92 Å². The zero-order chi connectivity index (χ0) is 20.1. The van der Waals surface area contributed by atoms with Crippen molar-refractivity contribution in [2.45, 2.75) is 71.7 Å². The van der Waals surface area contributed by atoms with Gasteiger partial charge in [0, 0.05) is 24.8 Å². The van der Waals surface area contributed by atoms with Crippen LogP contribution in [0.25, 0.3) is 0 Å². The lowest BCUT2D eigenvalue weighted by Crippen LogP contribution is -2.18. The molecule has 0 saturated carbocycles. The molecule has 0 amide bonds. The fraction of sp³-hybridized carbons (Fsp3) is 0.545. The Hall–Kier alpha value is -2.14. The summed E-state index contributed by atoms with van der Waals surface area (Å²) in [4.78, 5) is 23.4. The molecule has 2 aliphatic rings. The zero-order valence-corrected chi connectivity index (χ0v) is 16.7. The number of carbonyl (C=O) groups is 2. The van der Waals surface area contributed by atoms with Crippen molar-refractivity contribution in [3.8, 4) is 0 Å². The number of fused-ring (bicyclic) bond motifs is 1. The summed E-state index contributed by atoms with van der Waals surface area (Å²) in [5, 5.41) is 10.4. The van der Waals surface area contributed by atoms with Gasteiger partial charge in [-0.15, -0.1) is 0 Å². The van der Waals surface area contributed by atoms with Crippen molar-refractivity contribution >= 4 is 11.9 Å². The molecule has 0 bridgehead atoms. The molecule has 0 spiro atoms. The fourth-order valence-corrected chi connectivity index (χ4v) is 3.70. The fourth-order valence-electron chi connectivity index (χ4n) is 3.70. The first-order valence-electron chi connectivity index (χ1n) is 9.42. The Labute approximate surface area is 161 Å². The molecule has 4 atom stereocenters. The van der Waals surface area contributed by atoms with E-state index in [1.807, 2.05) is 32.9 Å². The summed E-state index contributed by atoms with van der Waals surface area (Å²) in [7, 11) is 0. The number of carbonyl (C=O) groups excluding carboxylic acids is 2. The third-order valence-corrected chi connectivity index (χ3v) is 4.97. The molecule has 1 saturated heterocycles. The summed E-state index contributed by atoms with van der Waals surface area (Å²) in [5.74, 6) is -0.769. The lowest BCUT2D eigenvalue weighted by molar-refractivity contribution is -0.144. The van der Waals surface area contributed by atoms with E-state index in [4.69, 9.17) is 9.47 Å². The average molecular weight is 374 g/mol. The minimum absolute atomic E-state index is 0.0830. The molecule has 1 heterocycles. The second-order valence-corrected chi connectivity index (χ2v) is 7.70. The van der Waals surface area contributed by atoms with Gasteiger partial charge < -0.3 is 14.6 Å². The number of aliphatic hydroxyl groups is 1. The van der Waals surface area contributed by atoms with Crippen molar-refractivity contribution in [3.05, 3.63) is 47.1 Å². The van der Waals surface area contributed by atoms with Crippen molar-refractivity contribution in [3.63, 3.8) is 0 Å². The lowest BCUT2D eigenvalue weighted by Gasteiger charge is -2.19. The van der Waals surface area contributed by atoms with E-state index >= 15 is 0 Å². The lowest BCUT2D eigenvalue weighted by atomic mass is 9.88. The van der Waals surface area contributed by atoms with Crippen LogP contribution in [0.4, 0.5) is 0 Å². The van der Waals surface area contributed by atoms with Gasteiger partial charge in [-0.3, -0.25) is 4.79 Å². The first-order chi connectivity index (χ1) is 12.7. The molecular weight excluding hydrogens is 344 g/mol. The van der Waals surface area contributed by atoms with E-state index in [1.165, 1.54) is 6.92 Å². The quantitative estimate of drug-likeness (QED) is 0.429. The summed E-state index contributed by atoms with van der Waals surface area (Å²) >= 11 is 0. The molecule has 5 nitrogen and oxygen atoms in total. The second-order valence-electron chi connectivity index (χ2n) is 7.70. The molecule has 1 N–H and O–H groups in total. The van der Waals surface area contributed by atoms with E-state index in [2.05, 4.69) is 6.58 Å². The molecule has 5 heteroatoms. The van der Waals surface area contributed by atoms with E-state index in [9.17, 15) is 14.7 Å². The van der Waals surface area contributed by atoms with E-state index < -0.39 is 6.10 Å². The van der Waals surface area contributed by atoms with Crippen LogP contribution >= 0.6 is 0 Å². The second kappa shape index (κ2) is 9.18. The predicted molar refractivity (Wildman–Crippen MR) is 104 cm³/mol. The van der Waals surface area contributed by atoms with Crippen molar-refractivity contribution < 1.29 is 24.2 Å². The summed E-state index contributed by atoms with van der Waals surface area (Å²) in [6.45, 7) is 11.1. The minimum atomic E-state index is -0.647. The maximum absolute atomic E-state index is 12.0. The highest BCUT2D eigenvalue weighted by atomic mass is 16.6. The number of aliphatic hydroxyl groups excluding tert-OH is 1. The Morgan fingerprint density at radius 1 is 1.15 bits per heavy atom. The molecule has 0 aromatic carbocycles.